The fraction of sp³-hybridized carbons (Fsp3) is 0.447. The number of Topliss-reactive ketones (excluding diaryl/α,β-unsaturated/α-hetero) is 2. The van der Waals surface area contributed by atoms with E-state index in [4.69, 9.17) is 9.47 Å². The summed E-state index contributed by atoms with van der Waals surface area (Å²) in [7, 11) is -8.02. The van der Waals surface area contributed by atoms with Crippen LogP contribution in [0.15, 0.2) is 82.6 Å². The number of esters is 1. The number of carbonyl (C=O) groups excluding carboxylic acids is 3. The van der Waals surface area contributed by atoms with Crippen molar-refractivity contribution in [3.8, 4) is 0 Å². The fourth-order valence-electron chi connectivity index (χ4n) is 5.09. The fourth-order valence-corrected chi connectivity index (χ4v) is 8.33. The molecule has 9 nitrogen and oxygen atoms in total. The van der Waals surface area contributed by atoms with Crippen molar-refractivity contribution in [3.05, 3.63) is 95.1 Å². The summed E-state index contributed by atoms with van der Waals surface area (Å²) < 4.78 is 64.3. The standard InChI is InChI=1S/C38H48O9S2/c1-28-12-20-33(21-13-28)48(42,43)26-32(27-49(44,45)34-22-14-29(2)15-23-34)37(41)31-18-16-30(17-19-31)35(39)10-7-6-8-24-46-25-9-11-36(40)47-38(3,4)5/h12-23,32H,6-11,24-27H2,1-5H3. The molecule has 0 aliphatic heterocycles. The molecule has 0 aromatic heterocycles. The molecule has 11 heteroatoms. The van der Waals surface area contributed by atoms with Crippen molar-refractivity contribution in [1.29, 1.82) is 0 Å². The van der Waals surface area contributed by atoms with E-state index in [-0.39, 0.29) is 27.1 Å². The average Bonchev–Trinajstić information content (AvgIpc) is 3.02. The van der Waals surface area contributed by atoms with E-state index in [1.54, 1.807) is 24.3 Å². The van der Waals surface area contributed by atoms with Gasteiger partial charge in [0.2, 0.25) is 0 Å². The van der Waals surface area contributed by atoms with Crippen LogP contribution in [-0.4, -0.2) is 64.7 Å². The van der Waals surface area contributed by atoms with Gasteiger partial charge in [0.25, 0.3) is 0 Å². The van der Waals surface area contributed by atoms with Crippen molar-refractivity contribution in [2.45, 2.75) is 88.5 Å². The molecule has 49 heavy (non-hydrogen) atoms. The molecule has 0 N–H and O–H groups in total. The number of benzene rings is 3. The van der Waals surface area contributed by atoms with Crippen molar-refractivity contribution >= 4 is 37.2 Å². The zero-order valence-electron chi connectivity index (χ0n) is 29.1. The van der Waals surface area contributed by atoms with Crippen LogP contribution in [0, 0.1) is 19.8 Å². The van der Waals surface area contributed by atoms with Gasteiger partial charge in [0.05, 0.1) is 27.2 Å². The Balaban J connectivity index is 1.58. The summed E-state index contributed by atoms with van der Waals surface area (Å²) in [6, 6.07) is 18.3. The number of sulfone groups is 2. The zero-order chi connectivity index (χ0) is 36.2. The van der Waals surface area contributed by atoms with Gasteiger partial charge >= 0.3 is 5.97 Å². The molecule has 3 aromatic rings. The van der Waals surface area contributed by atoms with E-state index < -0.39 is 48.5 Å². The quantitative estimate of drug-likeness (QED) is 0.0736. The number of rotatable bonds is 19. The molecule has 0 spiro atoms. The van der Waals surface area contributed by atoms with Crippen LogP contribution in [0.1, 0.15) is 91.1 Å². The summed E-state index contributed by atoms with van der Waals surface area (Å²) in [4.78, 5) is 38.3. The summed E-state index contributed by atoms with van der Waals surface area (Å²) in [6.45, 7) is 10.1. The third-order valence-corrected chi connectivity index (χ3v) is 11.4. The van der Waals surface area contributed by atoms with Gasteiger partial charge in [-0.2, -0.15) is 0 Å². The SMILES string of the molecule is Cc1ccc(S(=O)(=O)CC(CS(=O)(=O)c2ccc(C)cc2)C(=O)c2ccc(C(=O)CCCCCOCCCC(=O)OC(C)(C)C)cc2)cc1. The van der Waals surface area contributed by atoms with Crippen molar-refractivity contribution in [2.24, 2.45) is 5.92 Å². The van der Waals surface area contributed by atoms with E-state index >= 15 is 0 Å². The Labute approximate surface area is 291 Å². The van der Waals surface area contributed by atoms with Crippen LogP contribution < -0.4 is 0 Å². The van der Waals surface area contributed by atoms with Gasteiger partial charge in [-0.1, -0.05) is 66.1 Å². The van der Waals surface area contributed by atoms with Gasteiger partial charge in [0, 0.05) is 37.2 Å². The lowest BCUT2D eigenvalue weighted by molar-refractivity contribution is -0.155. The maximum atomic E-state index is 13.7. The zero-order valence-corrected chi connectivity index (χ0v) is 30.7. The molecule has 0 amide bonds. The molecule has 0 saturated carbocycles. The Kier molecular flexibility index (Phi) is 14.5. The Morgan fingerprint density at radius 1 is 0.612 bits per heavy atom. The van der Waals surface area contributed by atoms with Crippen molar-refractivity contribution in [1.82, 2.24) is 0 Å². The molecular formula is C38H48O9S2. The van der Waals surface area contributed by atoms with Crippen LogP contribution >= 0.6 is 0 Å². The highest BCUT2D eigenvalue weighted by Crippen LogP contribution is 2.23. The first-order valence-electron chi connectivity index (χ1n) is 16.5. The maximum Gasteiger partial charge on any atom is 0.306 e. The van der Waals surface area contributed by atoms with Crippen LogP contribution in [0.25, 0.3) is 0 Å². The van der Waals surface area contributed by atoms with Crippen molar-refractivity contribution in [3.63, 3.8) is 0 Å². The van der Waals surface area contributed by atoms with Gasteiger partial charge in [-0.25, -0.2) is 16.8 Å². The molecule has 0 saturated heterocycles. The lowest BCUT2D eigenvalue weighted by atomic mass is 9.97. The first-order valence-corrected chi connectivity index (χ1v) is 19.8. The highest BCUT2D eigenvalue weighted by Gasteiger charge is 2.33. The molecule has 0 aliphatic rings. The van der Waals surface area contributed by atoms with Gasteiger partial charge in [-0.05, 0) is 78.1 Å². The molecular weight excluding hydrogens is 665 g/mol. The monoisotopic (exact) mass is 712 g/mol. The second-order valence-corrected chi connectivity index (χ2v) is 17.4. The average molecular weight is 713 g/mol. The Morgan fingerprint density at radius 2 is 1.08 bits per heavy atom. The minimum atomic E-state index is -4.01. The van der Waals surface area contributed by atoms with E-state index in [9.17, 15) is 31.2 Å². The van der Waals surface area contributed by atoms with Crippen LogP contribution in [0.5, 0.6) is 0 Å². The second kappa shape index (κ2) is 17.8. The first kappa shape index (κ1) is 39.8. The van der Waals surface area contributed by atoms with Gasteiger partial charge in [-0.3, -0.25) is 14.4 Å². The summed E-state index contributed by atoms with van der Waals surface area (Å²) in [5.41, 5.74) is 1.76. The molecule has 0 aliphatic carbocycles. The highest BCUT2D eigenvalue weighted by atomic mass is 32.2. The number of aryl methyl sites for hydroxylation is 2. The molecule has 0 atom stereocenters. The van der Waals surface area contributed by atoms with E-state index in [0.29, 0.717) is 44.5 Å². The van der Waals surface area contributed by atoms with Gasteiger partial charge in [-0.15, -0.1) is 0 Å². The number of unbranched alkanes of at least 4 members (excludes halogenated alkanes) is 2. The molecule has 3 rings (SSSR count). The van der Waals surface area contributed by atoms with Crippen LogP contribution in [0.3, 0.4) is 0 Å². The molecule has 266 valence electrons. The predicted octanol–water partition coefficient (Wildman–Crippen LogP) is 6.93. The Bertz CT molecular complexity index is 1690. The Morgan fingerprint density at radius 3 is 1.57 bits per heavy atom. The molecule has 3 aromatic carbocycles. The normalized spacial score (nSPS) is 12.2. The van der Waals surface area contributed by atoms with Crippen LogP contribution in [0.2, 0.25) is 0 Å². The summed E-state index contributed by atoms with van der Waals surface area (Å²) in [5.74, 6) is -3.72. The molecule has 0 heterocycles. The number of hydrogen-bond donors (Lipinski definition) is 0. The van der Waals surface area contributed by atoms with Crippen LogP contribution in [0.4, 0.5) is 0 Å². The third kappa shape index (κ3) is 13.3. The van der Waals surface area contributed by atoms with E-state index in [1.165, 1.54) is 48.5 Å². The predicted molar refractivity (Wildman–Crippen MR) is 189 cm³/mol. The third-order valence-electron chi connectivity index (χ3n) is 7.75. The van der Waals surface area contributed by atoms with E-state index in [2.05, 4.69) is 0 Å². The lowest BCUT2D eigenvalue weighted by Gasteiger charge is -2.19. The largest absolute Gasteiger partial charge is 0.460 e. The summed E-state index contributed by atoms with van der Waals surface area (Å²) >= 11 is 0. The Hall–Kier alpha value is -3.67. The van der Waals surface area contributed by atoms with Crippen molar-refractivity contribution < 1.29 is 40.7 Å². The number of hydrogen-bond acceptors (Lipinski definition) is 9. The molecule has 0 fully saturated rings. The summed E-state index contributed by atoms with van der Waals surface area (Å²) in [6.07, 6.45) is 3.38. The number of carbonyl (C=O) groups is 3. The molecule has 0 bridgehead atoms. The maximum absolute atomic E-state index is 13.7. The van der Waals surface area contributed by atoms with Crippen LogP contribution in [-0.2, 0) is 33.9 Å². The van der Waals surface area contributed by atoms with Gasteiger partial charge in [0.1, 0.15) is 5.60 Å². The second-order valence-electron chi connectivity index (χ2n) is 13.4. The first-order chi connectivity index (χ1) is 23.0. The number of ether oxygens (including phenoxy) is 2. The summed E-state index contributed by atoms with van der Waals surface area (Å²) in [5, 5.41) is 0. The van der Waals surface area contributed by atoms with E-state index in [1.807, 2.05) is 34.6 Å². The molecule has 0 radical (unpaired) electrons. The number of ketones is 2. The molecule has 0 unspecified atom stereocenters. The minimum absolute atomic E-state index is 0.00865. The van der Waals surface area contributed by atoms with Gasteiger partial charge < -0.3 is 9.47 Å². The smallest absolute Gasteiger partial charge is 0.306 e. The van der Waals surface area contributed by atoms with Crippen molar-refractivity contribution in [2.75, 3.05) is 24.7 Å². The van der Waals surface area contributed by atoms with E-state index in [0.717, 1.165) is 24.0 Å². The topological polar surface area (TPSA) is 138 Å². The lowest BCUT2D eigenvalue weighted by Crippen LogP contribution is -2.31. The van der Waals surface area contributed by atoms with Gasteiger partial charge in [0.15, 0.2) is 31.2 Å². The minimum Gasteiger partial charge on any atom is -0.460 e. The highest BCUT2D eigenvalue weighted by molar-refractivity contribution is 7.92.